The molecule has 0 aliphatic rings. The number of nitrogens with two attached hydrogens (primary N) is 1. The van der Waals surface area contributed by atoms with Crippen LogP contribution in [0.2, 0.25) is 0 Å². The van der Waals surface area contributed by atoms with Gasteiger partial charge >= 0.3 is 6.09 Å². The molecule has 1 rings (SSSR count). The number of primary amides is 1. The first-order chi connectivity index (χ1) is 9.86. The third-order valence-electron chi connectivity index (χ3n) is 2.43. The van der Waals surface area contributed by atoms with Crippen molar-refractivity contribution in [1.82, 2.24) is 4.72 Å². The van der Waals surface area contributed by atoms with E-state index in [4.69, 9.17) is 10.8 Å². The number of hydrogen-bond acceptors (Lipinski definition) is 5. The topological polar surface area (TPSA) is 119 Å². The minimum Gasteiger partial charge on any atom is -0.448 e. The molecule has 0 saturated heterocycles. The van der Waals surface area contributed by atoms with Crippen LogP contribution in [-0.2, 0) is 14.8 Å². The lowest BCUT2D eigenvalue weighted by atomic mass is 10.1. The second-order valence-corrected chi connectivity index (χ2v) is 5.74. The van der Waals surface area contributed by atoms with Crippen LogP contribution in [0.15, 0.2) is 23.1 Å². The summed E-state index contributed by atoms with van der Waals surface area (Å²) < 4.78 is 31.0. The van der Waals surface area contributed by atoms with Gasteiger partial charge in [0, 0.05) is 12.1 Å². The Morgan fingerprint density at radius 2 is 2.19 bits per heavy atom. The molecule has 8 heteroatoms. The Labute approximate surface area is 123 Å². The largest absolute Gasteiger partial charge is 0.448 e. The van der Waals surface area contributed by atoms with Gasteiger partial charge in [0.25, 0.3) is 0 Å². The van der Waals surface area contributed by atoms with Gasteiger partial charge in [0.2, 0.25) is 10.0 Å². The average molecular weight is 312 g/mol. The maximum atomic E-state index is 12.1. The van der Waals surface area contributed by atoms with Crippen molar-refractivity contribution >= 4 is 16.1 Å². The fourth-order valence-electron chi connectivity index (χ4n) is 1.51. The Balaban J connectivity index is 2.89. The van der Waals surface area contributed by atoms with Gasteiger partial charge in [0.05, 0.1) is 4.90 Å². The van der Waals surface area contributed by atoms with E-state index in [-0.39, 0.29) is 24.7 Å². The van der Waals surface area contributed by atoms with Gasteiger partial charge in [-0.15, -0.1) is 0 Å². The van der Waals surface area contributed by atoms with Crippen molar-refractivity contribution < 1.29 is 23.1 Å². The number of carbonyl (C=O) groups excluding carboxylic acids is 1. The number of hydrogen-bond donors (Lipinski definition) is 3. The number of carbonyl (C=O) groups is 1. The van der Waals surface area contributed by atoms with Gasteiger partial charge < -0.3 is 15.6 Å². The standard InChI is InChI=1S/C13H16N2O5S/c1-10-4-5-11(3-2-7-16)9-12(10)21(18,19)15-6-8-20-13(14)17/h4-5,9,15-16H,6-8H2,1H3,(H2,14,17). The predicted molar refractivity (Wildman–Crippen MR) is 75.9 cm³/mol. The van der Waals surface area contributed by atoms with E-state index in [0.717, 1.165) is 0 Å². The molecular formula is C13H16N2O5S. The summed E-state index contributed by atoms with van der Waals surface area (Å²) in [5.41, 5.74) is 5.79. The molecule has 0 saturated carbocycles. The van der Waals surface area contributed by atoms with E-state index >= 15 is 0 Å². The van der Waals surface area contributed by atoms with Crippen LogP contribution >= 0.6 is 0 Å². The second-order valence-electron chi connectivity index (χ2n) is 4.01. The Kier molecular flexibility index (Phi) is 6.17. The Morgan fingerprint density at radius 1 is 1.48 bits per heavy atom. The first kappa shape index (κ1) is 17.0. The molecule has 1 aromatic carbocycles. The summed E-state index contributed by atoms with van der Waals surface area (Å²) in [7, 11) is -3.75. The van der Waals surface area contributed by atoms with Gasteiger partial charge in [0.1, 0.15) is 13.2 Å². The van der Waals surface area contributed by atoms with Crippen LogP contribution in [0.4, 0.5) is 4.79 Å². The molecule has 0 unspecified atom stereocenters. The fourth-order valence-corrected chi connectivity index (χ4v) is 2.80. The van der Waals surface area contributed by atoms with Crippen molar-refractivity contribution in [2.75, 3.05) is 19.8 Å². The smallest absolute Gasteiger partial charge is 0.404 e. The van der Waals surface area contributed by atoms with Gasteiger partial charge in [-0.25, -0.2) is 17.9 Å². The molecule has 0 aromatic heterocycles. The number of rotatable bonds is 5. The highest BCUT2D eigenvalue weighted by Crippen LogP contribution is 2.16. The first-order valence-electron chi connectivity index (χ1n) is 5.99. The number of sulfonamides is 1. The van der Waals surface area contributed by atoms with Crippen molar-refractivity contribution in [1.29, 1.82) is 0 Å². The monoisotopic (exact) mass is 312 g/mol. The molecule has 0 radical (unpaired) electrons. The molecule has 1 amide bonds. The van der Waals surface area contributed by atoms with E-state index in [1.165, 1.54) is 6.07 Å². The molecule has 1 aromatic rings. The lowest BCUT2D eigenvalue weighted by molar-refractivity contribution is 0.159. The number of aryl methyl sites for hydroxylation is 1. The van der Waals surface area contributed by atoms with Crippen molar-refractivity contribution in [2.24, 2.45) is 5.73 Å². The molecule has 0 fully saturated rings. The number of ether oxygens (including phenoxy) is 1. The van der Waals surface area contributed by atoms with Crippen LogP contribution in [0.1, 0.15) is 11.1 Å². The summed E-state index contributed by atoms with van der Waals surface area (Å²) in [5.74, 6) is 5.08. The summed E-state index contributed by atoms with van der Waals surface area (Å²) in [4.78, 5) is 10.5. The predicted octanol–water partition coefficient (Wildman–Crippen LogP) is -0.288. The minimum atomic E-state index is -3.75. The van der Waals surface area contributed by atoms with Gasteiger partial charge in [-0.1, -0.05) is 17.9 Å². The lowest BCUT2D eigenvalue weighted by Gasteiger charge is -2.09. The summed E-state index contributed by atoms with van der Waals surface area (Å²) >= 11 is 0. The lowest BCUT2D eigenvalue weighted by Crippen LogP contribution is -2.29. The molecule has 0 heterocycles. The second kappa shape index (κ2) is 7.64. The molecular weight excluding hydrogens is 296 g/mol. The van der Waals surface area contributed by atoms with Crippen LogP contribution in [0.25, 0.3) is 0 Å². The molecule has 0 atom stereocenters. The van der Waals surface area contributed by atoms with Crippen molar-refractivity contribution in [2.45, 2.75) is 11.8 Å². The minimum absolute atomic E-state index is 0.0753. The number of benzene rings is 1. The van der Waals surface area contributed by atoms with E-state index in [1.54, 1.807) is 19.1 Å². The summed E-state index contributed by atoms with van der Waals surface area (Å²) in [5, 5.41) is 8.64. The van der Waals surface area contributed by atoms with Gasteiger partial charge in [-0.3, -0.25) is 0 Å². The molecule has 4 N–H and O–H groups in total. The van der Waals surface area contributed by atoms with Gasteiger partial charge in [-0.05, 0) is 24.6 Å². The highest BCUT2D eigenvalue weighted by Gasteiger charge is 2.16. The maximum absolute atomic E-state index is 12.1. The molecule has 0 aliphatic heterocycles. The quantitative estimate of drug-likeness (QED) is 0.510. The van der Waals surface area contributed by atoms with E-state index in [9.17, 15) is 13.2 Å². The van der Waals surface area contributed by atoms with E-state index in [2.05, 4.69) is 21.3 Å². The molecule has 0 bridgehead atoms. The summed E-state index contributed by atoms with van der Waals surface area (Å²) in [6.07, 6.45) is -0.966. The third-order valence-corrected chi connectivity index (χ3v) is 4.03. The highest BCUT2D eigenvalue weighted by molar-refractivity contribution is 7.89. The molecule has 0 aliphatic carbocycles. The number of nitrogens with one attached hydrogen (secondary N) is 1. The SMILES string of the molecule is Cc1ccc(C#CCO)cc1S(=O)(=O)NCCOC(N)=O. The normalized spacial score (nSPS) is 10.6. The number of aliphatic hydroxyl groups excluding tert-OH is 1. The Morgan fingerprint density at radius 3 is 2.81 bits per heavy atom. The summed E-state index contributed by atoms with van der Waals surface area (Å²) in [6.45, 7) is 1.10. The number of aliphatic hydroxyl groups is 1. The third kappa shape index (κ3) is 5.43. The van der Waals surface area contributed by atoms with Crippen molar-refractivity contribution in [3.05, 3.63) is 29.3 Å². The van der Waals surface area contributed by atoms with Crippen LogP contribution in [0.5, 0.6) is 0 Å². The first-order valence-corrected chi connectivity index (χ1v) is 7.47. The van der Waals surface area contributed by atoms with Crippen LogP contribution < -0.4 is 10.5 Å². The Bertz CT molecular complexity index is 674. The zero-order valence-corrected chi connectivity index (χ0v) is 12.2. The average Bonchev–Trinajstić information content (AvgIpc) is 2.42. The zero-order valence-electron chi connectivity index (χ0n) is 11.4. The highest BCUT2D eigenvalue weighted by atomic mass is 32.2. The Hall–Kier alpha value is -2.08. The van der Waals surface area contributed by atoms with E-state index in [0.29, 0.717) is 11.1 Å². The van der Waals surface area contributed by atoms with Crippen molar-refractivity contribution in [3.63, 3.8) is 0 Å². The van der Waals surface area contributed by atoms with E-state index < -0.39 is 16.1 Å². The van der Waals surface area contributed by atoms with Crippen LogP contribution in [0.3, 0.4) is 0 Å². The maximum Gasteiger partial charge on any atom is 0.404 e. The van der Waals surface area contributed by atoms with E-state index in [1.807, 2.05) is 0 Å². The summed E-state index contributed by atoms with van der Waals surface area (Å²) in [6, 6.07) is 4.69. The van der Waals surface area contributed by atoms with Gasteiger partial charge in [0.15, 0.2) is 0 Å². The molecule has 7 nitrogen and oxygen atoms in total. The molecule has 114 valence electrons. The fraction of sp³-hybridized carbons (Fsp3) is 0.308. The molecule has 21 heavy (non-hydrogen) atoms. The van der Waals surface area contributed by atoms with Gasteiger partial charge in [-0.2, -0.15) is 0 Å². The van der Waals surface area contributed by atoms with Crippen LogP contribution in [-0.4, -0.2) is 39.4 Å². The van der Waals surface area contributed by atoms with Crippen molar-refractivity contribution in [3.8, 4) is 11.8 Å². The number of amides is 1. The molecule has 0 spiro atoms. The van der Waals surface area contributed by atoms with Crippen LogP contribution in [0, 0.1) is 18.8 Å². The zero-order chi connectivity index (χ0) is 15.9.